The molecule has 4 aliphatic rings. The lowest BCUT2D eigenvalue weighted by atomic mass is 9.63. The second-order valence-electron chi connectivity index (χ2n) is 11.8. The summed E-state index contributed by atoms with van der Waals surface area (Å²) in [6.45, 7) is 2.06. The SMILES string of the molecule is Cn1cc(C(=O)O)c2ccc(N3CCC4(C=C(c5c(C6CCCCC6)noc5C5CC5)C4)CC3)cc21. The minimum absolute atomic E-state index is 0.305. The van der Waals surface area contributed by atoms with Crippen LogP contribution in [0.1, 0.15) is 103 Å². The lowest BCUT2D eigenvalue weighted by molar-refractivity contribution is 0.0699. The molecule has 188 valence electrons. The van der Waals surface area contributed by atoms with E-state index < -0.39 is 5.97 Å². The Morgan fingerprint density at radius 3 is 2.53 bits per heavy atom. The first-order chi connectivity index (χ1) is 17.5. The highest BCUT2D eigenvalue weighted by molar-refractivity contribution is 6.04. The second kappa shape index (κ2) is 8.25. The van der Waals surface area contributed by atoms with Crippen molar-refractivity contribution >= 4 is 28.1 Å². The molecule has 3 aromatic rings. The largest absolute Gasteiger partial charge is 0.478 e. The van der Waals surface area contributed by atoms with Crippen LogP contribution >= 0.6 is 0 Å². The van der Waals surface area contributed by atoms with Gasteiger partial charge >= 0.3 is 5.97 Å². The molecule has 6 nitrogen and oxygen atoms in total. The highest BCUT2D eigenvalue weighted by Gasteiger charge is 2.44. The summed E-state index contributed by atoms with van der Waals surface area (Å²) in [5.74, 6) is 1.49. The van der Waals surface area contributed by atoms with Gasteiger partial charge in [-0.1, -0.05) is 30.5 Å². The maximum atomic E-state index is 11.6. The Morgan fingerprint density at radius 1 is 1.08 bits per heavy atom. The zero-order chi connectivity index (χ0) is 24.4. The van der Waals surface area contributed by atoms with Crippen molar-refractivity contribution in [2.45, 2.75) is 76.0 Å². The number of benzene rings is 1. The molecule has 0 atom stereocenters. The van der Waals surface area contributed by atoms with Crippen molar-refractivity contribution in [1.29, 1.82) is 0 Å². The number of hydrogen-bond donors (Lipinski definition) is 1. The molecule has 3 aliphatic carbocycles. The Balaban J connectivity index is 1.10. The van der Waals surface area contributed by atoms with Crippen LogP contribution in [0.4, 0.5) is 5.69 Å². The fourth-order valence-electron chi connectivity index (χ4n) is 7.07. The van der Waals surface area contributed by atoms with Crippen LogP contribution in [0.3, 0.4) is 0 Å². The molecule has 2 saturated carbocycles. The quantitative estimate of drug-likeness (QED) is 0.427. The van der Waals surface area contributed by atoms with E-state index in [9.17, 15) is 9.90 Å². The predicted octanol–water partition coefficient (Wildman–Crippen LogP) is 6.86. The summed E-state index contributed by atoms with van der Waals surface area (Å²) in [6.07, 6.45) is 16.8. The van der Waals surface area contributed by atoms with Crippen LogP contribution in [0.15, 0.2) is 35.0 Å². The number of carboxylic acid groups (broad SMARTS) is 1. The average Bonchev–Trinajstić information content (AvgIpc) is 3.54. The van der Waals surface area contributed by atoms with E-state index in [2.05, 4.69) is 28.3 Å². The monoisotopic (exact) mass is 485 g/mol. The Bertz CT molecular complexity index is 1360. The van der Waals surface area contributed by atoms with Crippen LogP contribution in [0.2, 0.25) is 0 Å². The first-order valence-electron chi connectivity index (χ1n) is 13.8. The summed E-state index contributed by atoms with van der Waals surface area (Å²) in [4.78, 5) is 14.0. The molecule has 1 saturated heterocycles. The standard InChI is InChI=1S/C30H35N3O3/c1-32-18-24(29(34)35)23-10-9-22(15-25(23)32)33-13-11-30(12-14-33)16-21(17-30)26-27(19-5-3-2-4-6-19)31-36-28(26)20-7-8-20/h9-10,15-16,18-20H,2-8,11-14,17H2,1H3,(H,34,35). The van der Waals surface area contributed by atoms with E-state index in [1.807, 2.05) is 17.7 Å². The third-order valence-electron chi connectivity index (χ3n) is 9.36. The fraction of sp³-hybridized carbons (Fsp3) is 0.533. The van der Waals surface area contributed by atoms with E-state index in [0.717, 1.165) is 43.3 Å². The predicted molar refractivity (Wildman–Crippen MR) is 141 cm³/mol. The van der Waals surface area contributed by atoms with Crippen molar-refractivity contribution in [3.05, 3.63) is 53.1 Å². The first kappa shape index (κ1) is 22.2. The van der Waals surface area contributed by atoms with E-state index >= 15 is 0 Å². The lowest BCUT2D eigenvalue weighted by Crippen LogP contribution is -2.42. The van der Waals surface area contributed by atoms with Crippen LogP contribution in [0.5, 0.6) is 0 Å². The number of aryl methyl sites for hydroxylation is 1. The molecule has 1 aliphatic heterocycles. The highest BCUT2D eigenvalue weighted by Crippen LogP contribution is 2.56. The Labute approximate surface area is 211 Å². The number of carboxylic acids is 1. The molecule has 7 rings (SSSR count). The smallest absolute Gasteiger partial charge is 0.337 e. The summed E-state index contributed by atoms with van der Waals surface area (Å²) in [5.41, 5.74) is 7.01. The number of piperidine rings is 1. The van der Waals surface area contributed by atoms with Gasteiger partial charge in [0.25, 0.3) is 0 Å². The molecule has 0 amide bonds. The number of hydrogen-bond acceptors (Lipinski definition) is 4. The van der Waals surface area contributed by atoms with Crippen molar-refractivity contribution in [1.82, 2.24) is 9.72 Å². The third kappa shape index (κ3) is 3.60. The van der Waals surface area contributed by atoms with Gasteiger partial charge < -0.3 is 19.1 Å². The van der Waals surface area contributed by atoms with Gasteiger partial charge in [-0.15, -0.1) is 0 Å². The zero-order valence-electron chi connectivity index (χ0n) is 21.1. The van der Waals surface area contributed by atoms with Crippen molar-refractivity contribution < 1.29 is 14.4 Å². The van der Waals surface area contributed by atoms with E-state index in [1.165, 1.54) is 73.2 Å². The van der Waals surface area contributed by atoms with Crippen LogP contribution in [0, 0.1) is 5.41 Å². The Morgan fingerprint density at radius 2 is 1.83 bits per heavy atom. The number of aromatic nitrogens is 2. The van der Waals surface area contributed by atoms with E-state index in [0.29, 0.717) is 22.8 Å². The Hall–Kier alpha value is -3.02. The third-order valence-corrected chi connectivity index (χ3v) is 9.36. The number of rotatable bonds is 5. The van der Waals surface area contributed by atoms with Gasteiger partial charge in [0.2, 0.25) is 0 Å². The number of fused-ring (bicyclic) bond motifs is 1. The van der Waals surface area contributed by atoms with Gasteiger partial charge in [0.1, 0.15) is 5.76 Å². The summed E-state index contributed by atoms with van der Waals surface area (Å²) >= 11 is 0. The van der Waals surface area contributed by atoms with E-state index in [4.69, 9.17) is 4.52 Å². The number of allylic oxidation sites excluding steroid dienone is 2. The van der Waals surface area contributed by atoms with Gasteiger partial charge in [0.05, 0.1) is 16.8 Å². The van der Waals surface area contributed by atoms with Crippen LogP contribution in [0.25, 0.3) is 16.5 Å². The molecule has 0 radical (unpaired) electrons. The minimum atomic E-state index is -0.870. The van der Waals surface area contributed by atoms with Crippen molar-refractivity contribution in [3.63, 3.8) is 0 Å². The van der Waals surface area contributed by atoms with Gasteiger partial charge in [0.15, 0.2) is 0 Å². The molecule has 1 aromatic carbocycles. The molecule has 6 heteroatoms. The van der Waals surface area contributed by atoms with Crippen LogP contribution < -0.4 is 4.90 Å². The molecule has 0 unspecified atom stereocenters. The van der Waals surface area contributed by atoms with Crippen molar-refractivity contribution in [2.24, 2.45) is 12.5 Å². The summed E-state index contributed by atoms with van der Waals surface area (Å²) in [5, 5.41) is 15.0. The van der Waals surface area contributed by atoms with Gasteiger partial charge in [-0.05, 0) is 74.1 Å². The molecule has 2 aromatic heterocycles. The molecule has 3 heterocycles. The summed E-state index contributed by atoms with van der Waals surface area (Å²) < 4.78 is 7.93. The van der Waals surface area contributed by atoms with Crippen molar-refractivity contribution in [3.8, 4) is 0 Å². The van der Waals surface area contributed by atoms with Gasteiger partial charge in [-0.2, -0.15) is 0 Å². The molecular weight excluding hydrogens is 450 g/mol. The van der Waals surface area contributed by atoms with Crippen LogP contribution in [-0.2, 0) is 7.05 Å². The van der Waals surface area contributed by atoms with E-state index in [-0.39, 0.29) is 0 Å². The molecule has 36 heavy (non-hydrogen) atoms. The molecule has 0 bridgehead atoms. The minimum Gasteiger partial charge on any atom is -0.478 e. The number of aromatic carboxylic acids is 1. The van der Waals surface area contributed by atoms with Gasteiger partial charge in [-0.3, -0.25) is 0 Å². The topological polar surface area (TPSA) is 71.5 Å². The van der Waals surface area contributed by atoms with Crippen LogP contribution in [-0.4, -0.2) is 33.9 Å². The number of carbonyl (C=O) groups is 1. The van der Waals surface area contributed by atoms with Gasteiger partial charge in [0, 0.05) is 54.8 Å². The number of nitrogens with zero attached hydrogens (tertiary/aromatic N) is 3. The lowest BCUT2D eigenvalue weighted by Gasteiger charge is -2.47. The highest BCUT2D eigenvalue weighted by atomic mass is 16.5. The molecular formula is C30H35N3O3. The second-order valence-corrected chi connectivity index (χ2v) is 11.8. The van der Waals surface area contributed by atoms with E-state index in [1.54, 1.807) is 6.20 Å². The average molecular weight is 486 g/mol. The Kier molecular flexibility index (Phi) is 5.09. The normalized spacial score (nSPS) is 22.1. The first-order valence-corrected chi connectivity index (χ1v) is 13.8. The maximum absolute atomic E-state index is 11.6. The zero-order valence-corrected chi connectivity index (χ0v) is 21.1. The van der Waals surface area contributed by atoms with Crippen molar-refractivity contribution in [2.75, 3.05) is 18.0 Å². The molecule has 3 fully saturated rings. The summed E-state index contributed by atoms with van der Waals surface area (Å²) in [7, 11) is 1.92. The molecule has 1 N–H and O–H groups in total. The summed E-state index contributed by atoms with van der Waals surface area (Å²) in [6, 6.07) is 6.21. The van der Waals surface area contributed by atoms with Gasteiger partial charge in [-0.25, -0.2) is 4.79 Å². The molecule has 1 spiro atoms. The fourth-order valence-corrected chi connectivity index (χ4v) is 7.07. The number of anilines is 1. The maximum Gasteiger partial charge on any atom is 0.337 e.